The van der Waals surface area contributed by atoms with Gasteiger partial charge in [-0.15, -0.1) is 0 Å². The van der Waals surface area contributed by atoms with Crippen LogP contribution in [0.5, 0.6) is 0 Å². The van der Waals surface area contributed by atoms with Crippen LogP contribution in [0, 0.1) is 5.41 Å². The minimum Gasteiger partial charge on any atom is -0.395 e. The monoisotopic (exact) mass is 366 g/mol. The molecule has 0 aliphatic heterocycles. The van der Waals surface area contributed by atoms with Gasteiger partial charge in [0.05, 0.1) is 5.69 Å². The Balaban J connectivity index is 1.67. The van der Waals surface area contributed by atoms with Crippen molar-refractivity contribution in [1.82, 2.24) is 10.3 Å². The second kappa shape index (κ2) is 8.07. The van der Waals surface area contributed by atoms with Crippen molar-refractivity contribution in [3.63, 3.8) is 0 Å². The maximum atomic E-state index is 7.66. The topological polar surface area (TPSA) is 165 Å². The van der Waals surface area contributed by atoms with Crippen molar-refractivity contribution >= 4 is 23.5 Å². The number of benzene rings is 1. The first-order valence-electron chi connectivity index (χ1n) is 8.83. The second-order valence-electron chi connectivity index (χ2n) is 6.71. The van der Waals surface area contributed by atoms with Crippen LogP contribution in [0.1, 0.15) is 34.7 Å². The second-order valence-corrected chi connectivity index (χ2v) is 6.71. The summed E-state index contributed by atoms with van der Waals surface area (Å²) in [4.78, 5) is 4.04. The summed E-state index contributed by atoms with van der Waals surface area (Å²) in [6.07, 6.45) is 5.60. The molecule has 0 radical (unpaired) electrons. The third-order valence-electron chi connectivity index (χ3n) is 4.81. The Morgan fingerprint density at radius 2 is 2.11 bits per heavy atom. The molecule has 0 spiro atoms. The normalized spacial score (nSPS) is 16.1. The molecule has 0 saturated carbocycles. The van der Waals surface area contributed by atoms with E-state index in [2.05, 4.69) is 33.9 Å². The summed E-state index contributed by atoms with van der Waals surface area (Å²) in [5.74, 6) is 6.07. The van der Waals surface area contributed by atoms with Gasteiger partial charge in [0.2, 0.25) is 0 Å². The molecule has 2 aromatic rings. The first kappa shape index (κ1) is 18.7. The average Bonchev–Trinajstić information content (AvgIpc) is 3.03. The fraction of sp³-hybridized carbons (Fsp3) is 0.263. The number of rotatable bonds is 7. The molecule has 1 unspecified atom stereocenters. The molecule has 1 heterocycles. The van der Waals surface area contributed by atoms with Crippen LogP contribution in [0.2, 0.25) is 0 Å². The molecule has 8 heteroatoms. The van der Waals surface area contributed by atoms with E-state index in [4.69, 9.17) is 28.5 Å². The molecule has 142 valence electrons. The van der Waals surface area contributed by atoms with E-state index in [1.54, 1.807) is 6.07 Å². The van der Waals surface area contributed by atoms with Gasteiger partial charge in [0.25, 0.3) is 0 Å². The number of aryl methyl sites for hydroxylation is 1. The molecule has 1 atom stereocenters. The molecule has 27 heavy (non-hydrogen) atoms. The van der Waals surface area contributed by atoms with E-state index >= 15 is 0 Å². The number of fused-ring (bicyclic) bond motifs is 1. The molecule has 1 aromatic carbocycles. The Labute approximate surface area is 158 Å². The van der Waals surface area contributed by atoms with Gasteiger partial charge in [-0.25, -0.2) is 10.8 Å². The Morgan fingerprint density at radius 1 is 1.30 bits per heavy atom. The maximum absolute atomic E-state index is 7.66. The van der Waals surface area contributed by atoms with E-state index in [0.29, 0.717) is 30.3 Å². The molecule has 11 N–H and O–H groups in total. The van der Waals surface area contributed by atoms with Crippen molar-refractivity contribution in [2.45, 2.75) is 31.8 Å². The van der Waals surface area contributed by atoms with Crippen molar-refractivity contribution in [2.75, 3.05) is 16.9 Å². The molecular weight excluding hydrogens is 340 g/mol. The first-order chi connectivity index (χ1) is 13.0. The summed E-state index contributed by atoms with van der Waals surface area (Å²) < 4.78 is 0. The van der Waals surface area contributed by atoms with Crippen LogP contribution < -0.4 is 33.8 Å². The predicted octanol–water partition coefficient (Wildman–Crippen LogP) is 1.34. The molecule has 1 aliphatic rings. The van der Waals surface area contributed by atoms with E-state index in [1.807, 2.05) is 6.20 Å². The van der Waals surface area contributed by atoms with Crippen molar-refractivity contribution in [3.05, 3.63) is 58.3 Å². The van der Waals surface area contributed by atoms with E-state index in [-0.39, 0.29) is 6.04 Å². The summed E-state index contributed by atoms with van der Waals surface area (Å²) in [6.45, 7) is 0.670. The Kier molecular flexibility index (Phi) is 5.58. The highest BCUT2D eigenvalue weighted by atomic mass is 15.3. The summed E-state index contributed by atoms with van der Waals surface area (Å²) in [5.41, 5.74) is 26.1. The van der Waals surface area contributed by atoms with Crippen LogP contribution in [-0.4, -0.2) is 11.2 Å². The summed E-state index contributed by atoms with van der Waals surface area (Å²) >= 11 is 0. The molecule has 3 rings (SSSR count). The summed E-state index contributed by atoms with van der Waals surface area (Å²) in [5, 5.41) is 10.9. The highest BCUT2D eigenvalue weighted by Gasteiger charge is 2.18. The van der Waals surface area contributed by atoms with Crippen LogP contribution >= 0.6 is 0 Å². The number of hydrogen-bond donors (Lipinski definition) is 7. The molecule has 0 saturated heterocycles. The lowest BCUT2D eigenvalue weighted by Gasteiger charge is -2.12. The van der Waals surface area contributed by atoms with Crippen LogP contribution in [0.15, 0.2) is 36.0 Å². The maximum Gasteiger partial charge on any atom is 0.165 e. The number of anilines is 3. The third-order valence-corrected chi connectivity index (χ3v) is 4.81. The van der Waals surface area contributed by atoms with E-state index < -0.39 is 0 Å². The fourth-order valence-corrected chi connectivity index (χ4v) is 3.36. The molecule has 1 aromatic heterocycles. The van der Waals surface area contributed by atoms with Crippen molar-refractivity contribution in [1.29, 1.82) is 5.41 Å². The molecule has 0 bridgehead atoms. The standard InChI is InChI=1S/C19H26N8/c20-8-12(6-14-7-17(22)26-19(27-24)18(14)23)10-25-9-11-1-3-15-13(5-11)2-4-16(15)21/h1,3,5,7-8,10,16,20,25H,2,4,6,9,21,23-24H2,(H3,22,26,27)/b12-10-,20-8?. The lowest BCUT2D eigenvalue weighted by Crippen LogP contribution is -2.14. The van der Waals surface area contributed by atoms with Gasteiger partial charge in [-0.3, -0.25) is 0 Å². The number of hydrazine groups is 1. The fourth-order valence-electron chi connectivity index (χ4n) is 3.36. The highest BCUT2D eigenvalue weighted by Crippen LogP contribution is 2.29. The number of hydrogen-bond acceptors (Lipinski definition) is 8. The smallest absolute Gasteiger partial charge is 0.165 e. The van der Waals surface area contributed by atoms with Gasteiger partial charge in [0, 0.05) is 31.4 Å². The zero-order chi connectivity index (χ0) is 19.4. The van der Waals surface area contributed by atoms with Gasteiger partial charge < -0.3 is 33.4 Å². The minimum atomic E-state index is 0.164. The zero-order valence-electron chi connectivity index (χ0n) is 15.1. The molecule has 1 aliphatic carbocycles. The van der Waals surface area contributed by atoms with Gasteiger partial charge in [-0.1, -0.05) is 18.2 Å². The van der Waals surface area contributed by atoms with Gasteiger partial charge in [0.15, 0.2) is 5.82 Å². The Hall–Kier alpha value is -3.10. The molecular formula is C19H26N8. The molecule has 0 amide bonds. The van der Waals surface area contributed by atoms with Gasteiger partial charge >= 0.3 is 0 Å². The van der Waals surface area contributed by atoms with Gasteiger partial charge in [-0.05, 0) is 46.7 Å². The van der Waals surface area contributed by atoms with Crippen LogP contribution in [0.25, 0.3) is 0 Å². The SMILES string of the molecule is N=C/C(=C\NCc1ccc2c(c1)CCC2N)Cc1cc(N)nc(NN)c1N. The van der Waals surface area contributed by atoms with Crippen molar-refractivity contribution in [3.8, 4) is 0 Å². The number of nitrogen functional groups attached to an aromatic ring is 3. The van der Waals surface area contributed by atoms with Gasteiger partial charge in [0.1, 0.15) is 5.82 Å². The van der Waals surface area contributed by atoms with E-state index in [1.165, 1.54) is 22.9 Å². The number of nitrogens with one attached hydrogen (secondary N) is 3. The van der Waals surface area contributed by atoms with E-state index in [9.17, 15) is 0 Å². The Bertz CT molecular complexity index is 874. The number of aromatic nitrogens is 1. The number of pyridine rings is 1. The van der Waals surface area contributed by atoms with Crippen molar-refractivity contribution in [2.24, 2.45) is 11.6 Å². The third kappa shape index (κ3) is 4.18. The number of nitrogens with zero attached hydrogens (tertiary/aromatic N) is 1. The lowest BCUT2D eigenvalue weighted by molar-refractivity contribution is 0.713. The van der Waals surface area contributed by atoms with Gasteiger partial charge in [-0.2, -0.15) is 0 Å². The highest BCUT2D eigenvalue weighted by molar-refractivity contribution is 5.78. The molecule has 8 nitrogen and oxygen atoms in total. The van der Waals surface area contributed by atoms with Crippen LogP contribution in [-0.2, 0) is 19.4 Å². The van der Waals surface area contributed by atoms with Crippen LogP contribution in [0.3, 0.4) is 0 Å². The lowest BCUT2D eigenvalue weighted by atomic mass is 10.0. The predicted molar refractivity (Wildman–Crippen MR) is 110 cm³/mol. The first-order valence-corrected chi connectivity index (χ1v) is 8.83. The number of allylic oxidation sites excluding steroid dienone is 1. The Morgan fingerprint density at radius 3 is 2.85 bits per heavy atom. The molecule has 0 fully saturated rings. The average molecular weight is 366 g/mol. The zero-order valence-corrected chi connectivity index (χ0v) is 15.1. The number of nitrogens with two attached hydrogens (primary N) is 4. The minimum absolute atomic E-state index is 0.164. The quantitative estimate of drug-likeness (QED) is 0.221. The largest absolute Gasteiger partial charge is 0.395 e. The van der Waals surface area contributed by atoms with Crippen molar-refractivity contribution < 1.29 is 0 Å². The summed E-state index contributed by atoms with van der Waals surface area (Å²) in [6, 6.07) is 8.27. The van der Waals surface area contributed by atoms with Crippen LogP contribution in [0.4, 0.5) is 17.3 Å². The summed E-state index contributed by atoms with van der Waals surface area (Å²) in [7, 11) is 0. The van der Waals surface area contributed by atoms with E-state index in [0.717, 1.165) is 24.0 Å².